The van der Waals surface area contributed by atoms with E-state index in [1.54, 1.807) is 17.4 Å². The summed E-state index contributed by atoms with van der Waals surface area (Å²) in [4.78, 5) is 27.9. The van der Waals surface area contributed by atoms with Crippen molar-refractivity contribution < 1.29 is 17.9 Å². The Morgan fingerprint density at radius 1 is 1.16 bits per heavy atom. The highest BCUT2D eigenvalue weighted by Crippen LogP contribution is 2.34. The maximum atomic E-state index is 12.8. The zero-order valence-corrected chi connectivity index (χ0v) is 28.2. The van der Waals surface area contributed by atoms with E-state index in [0.29, 0.717) is 48.6 Å². The van der Waals surface area contributed by atoms with E-state index in [1.165, 1.54) is 0 Å². The van der Waals surface area contributed by atoms with E-state index in [4.69, 9.17) is 9.72 Å². The van der Waals surface area contributed by atoms with Crippen molar-refractivity contribution in [3.8, 4) is 17.1 Å². The lowest BCUT2D eigenvalue weighted by atomic mass is 10.2. The van der Waals surface area contributed by atoms with Crippen LogP contribution in [0.2, 0.25) is 0 Å². The molecule has 1 atom stereocenters. The van der Waals surface area contributed by atoms with E-state index >= 15 is 0 Å². The van der Waals surface area contributed by atoms with Crippen LogP contribution in [0.1, 0.15) is 35.1 Å². The molecule has 45 heavy (non-hydrogen) atoms. The van der Waals surface area contributed by atoms with Crippen LogP contribution in [0.15, 0.2) is 41.0 Å². The van der Waals surface area contributed by atoms with Crippen molar-refractivity contribution in [3.63, 3.8) is 0 Å². The molecule has 0 bridgehead atoms. The van der Waals surface area contributed by atoms with Crippen LogP contribution in [-0.2, 0) is 14.8 Å². The lowest BCUT2D eigenvalue weighted by Crippen LogP contribution is -2.41. The number of carbonyl (C=O) groups is 1. The number of H-pyrrole nitrogens is 1. The summed E-state index contributed by atoms with van der Waals surface area (Å²) in [5.74, 6) is 0.703. The van der Waals surface area contributed by atoms with Crippen molar-refractivity contribution in [2.24, 2.45) is 0 Å². The highest BCUT2D eigenvalue weighted by Gasteiger charge is 2.31. The third-order valence-electron chi connectivity index (χ3n) is 8.62. The first-order valence-corrected chi connectivity index (χ1v) is 17.7. The molecule has 14 heteroatoms. The van der Waals surface area contributed by atoms with Crippen LogP contribution < -0.4 is 10.6 Å². The van der Waals surface area contributed by atoms with Crippen LogP contribution in [0.4, 0.5) is 5.69 Å². The summed E-state index contributed by atoms with van der Waals surface area (Å²) < 4.78 is 34.6. The van der Waals surface area contributed by atoms with Crippen LogP contribution >= 0.6 is 15.9 Å². The maximum Gasteiger partial charge on any atom is 0.251 e. The third kappa shape index (κ3) is 6.66. The lowest BCUT2D eigenvalue weighted by Gasteiger charge is -2.26. The zero-order chi connectivity index (χ0) is 31.7. The molecule has 0 spiro atoms. The van der Waals surface area contributed by atoms with E-state index < -0.39 is 10.0 Å². The Hall–Kier alpha value is -3.30. The number of nitrogens with one attached hydrogen (secondary N) is 3. The van der Waals surface area contributed by atoms with Gasteiger partial charge in [0.05, 0.1) is 29.1 Å². The van der Waals surface area contributed by atoms with Crippen LogP contribution in [0.25, 0.3) is 28.2 Å². The molecule has 3 N–H and O–H groups in total. The number of carbonyl (C=O) groups excluding carboxylic acids is 1. The number of anilines is 1. The minimum absolute atomic E-state index is 0.0340. The minimum atomic E-state index is -3.23. The number of imidazole rings is 1. The average Bonchev–Trinajstić information content (AvgIpc) is 3.77. The Morgan fingerprint density at radius 2 is 1.91 bits per heavy atom. The standard InChI is InChI=1S/C31H39BrN8O4S/c1-4-45(42,43)39-11-9-23(19-39)35-27-26(32)18-34-30-28(27)36-29(37-30)25-17-20(2)40(21(25)3)24-7-5-22(6-8-24)31(41)33-10-12-38-13-15-44-16-14-38/h5-8,17-18,23H,4,9-16,19H2,1-3H3,(H,33,41)(H2,34,35,36,37). The number of sulfonamides is 1. The van der Waals surface area contributed by atoms with Gasteiger partial charge in [0, 0.05) is 79.7 Å². The second-order valence-electron chi connectivity index (χ2n) is 11.5. The predicted octanol–water partition coefficient (Wildman–Crippen LogP) is 3.69. The Kier molecular flexibility index (Phi) is 9.29. The van der Waals surface area contributed by atoms with Crippen molar-refractivity contribution in [2.45, 2.75) is 33.2 Å². The molecule has 1 amide bonds. The fourth-order valence-electron chi connectivity index (χ4n) is 6.10. The van der Waals surface area contributed by atoms with Crippen LogP contribution in [0, 0.1) is 13.8 Å². The molecular weight excluding hydrogens is 660 g/mol. The van der Waals surface area contributed by atoms with Gasteiger partial charge in [0.15, 0.2) is 5.65 Å². The Labute approximate surface area is 271 Å². The van der Waals surface area contributed by atoms with Gasteiger partial charge in [-0.25, -0.2) is 18.4 Å². The predicted molar refractivity (Wildman–Crippen MR) is 178 cm³/mol. The first-order valence-electron chi connectivity index (χ1n) is 15.3. The fourth-order valence-corrected chi connectivity index (χ4v) is 7.66. The number of fused-ring (bicyclic) bond motifs is 1. The summed E-state index contributed by atoms with van der Waals surface area (Å²) in [6.45, 7) is 11.4. The number of aromatic amines is 1. The number of hydrogen-bond donors (Lipinski definition) is 3. The maximum absolute atomic E-state index is 12.8. The summed E-state index contributed by atoms with van der Waals surface area (Å²) in [6.07, 6.45) is 2.44. The van der Waals surface area contributed by atoms with E-state index in [0.717, 1.165) is 65.6 Å². The van der Waals surface area contributed by atoms with E-state index in [1.807, 2.05) is 38.1 Å². The van der Waals surface area contributed by atoms with Gasteiger partial charge in [-0.1, -0.05) is 0 Å². The quantitative estimate of drug-likeness (QED) is 0.228. The summed E-state index contributed by atoms with van der Waals surface area (Å²) in [6, 6.07) is 9.69. The largest absolute Gasteiger partial charge is 0.379 e. The first-order chi connectivity index (χ1) is 21.6. The fraction of sp³-hybridized carbons (Fsp3) is 0.452. The number of aryl methyl sites for hydroxylation is 1. The average molecular weight is 700 g/mol. The number of morpholine rings is 1. The Bertz CT molecular complexity index is 1800. The number of ether oxygens (including phenoxy) is 1. The van der Waals surface area contributed by atoms with Gasteiger partial charge in [0.2, 0.25) is 10.0 Å². The molecule has 2 aliphatic rings. The Balaban J connectivity index is 1.18. The SMILES string of the molecule is CCS(=O)(=O)N1CCC(Nc2c(Br)cnc3[nH]c(-c4cc(C)n(-c5ccc(C(=O)NCCN6CCOCC6)cc5)c4C)nc23)C1. The van der Waals surface area contributed by atoms with Crippen molar-refractivity contribution in [1.82, 2.24) is 34.0 Å². The van der Waals surface area contributed by atoms with Gasteiger partial charge in [0.25, 0.3) is 5.91 Å². The summed E-state index contributed by atoms with van der Waals surface area (Å²) in [5.41, 5.74) is 6.66. The monoisotopic (exact) mass is 698 g/mol. The summed E-state index contributed by atoms with van der Waals surface area (Å²) in [7, 11) is -3.23. The van der Waals surface area contributed by atoms with Crippen molar-refractivity contribution in [2.75, 3.05) is 63.6 Å². The molecule has 12 nitrogen and oxygen atoms in total. The van der Waals surface area contributed by atoms with E-state index in [-0.39, 0.29) is 17.7 Å². The molecule has 1 unspecified atom stereocenters. The highest BCUT2D eigenvalue weighted by molar-refractivity contribution is 9.10. The van der Waals surface area contributed by atoms with Gasteiger partial charge in [-0.15, -0.1) is 0 Å². The molecule has 2 fully saturated rings. The van der Waals surface area contributed by atoms with Crippen LogP contribution in [0.5, 0.6) is 0 Å². The highest BCUT2D eigenvalue weighted by atomic mass is 79.9. The molecule has 240 valence electrons. The molecule has 0 saturated carbocycles. The van der Waals surface area contributed by atoms with Gasteiger partial charge in [0.1, 0.15) is 11.3 Å². The number of halogens is 1. The first kappa shape index (κ1) is 31.7. The summed E-state index contributed by atoms with van der Waals surface area (Å²) >= 11 is 3.62. The van der Waals surface area contributed by atoms with Crippen LogP contribution in [0.3, 0.4) is 0 Å². The molecule has 0 aliphatic carbocycles. The van der Waals surface area contributed by atoms with Gasteiger partial charge >= 0.3 is 0 Å². The van der Waals surface area contributed by atoms with E-state index in [9.17, 15) is 13.2 Å². The zero-order valence-electron chi connectivity index (χ0n) is 25.8. The molecule has 4 aromatic rings. The van der Waals surface area contributed by atoms with Gasteiger partial charge in [-0.3, -0.25) is 9.69 Å². The second-order valence-corrected chi connectivity index (χ2v) is 14.6. The Morgan fingerprint density at radius 3 is 2.64 bits per heavy atom. The molecule has 0 radical (unpaired) electrons. The number of rotatable bonds is 10. The van der Waals surface area contributed by atoms with Crippen molar-refractivity contribution in [3.05, 3.63) is 58.0 Å². The third-order valence-corrected chi connectivity index (χ3v) is 11.1. The molecule has 3 aromatic heterocycles. The molecular formula is C31H39BrN8O4S. The summed E-state index contributed by atoms with van der Waals surface area (Å²) in [5, 5.41) is 6.55. The van der Waals surface area contributed by atoms with Crippen molar-refractivity contribution in [1.29, 1.82) is 0 Å². The second kappa shape index (κ2) is 13.2. The van der Waals surface area contributed by atoms with Gasteiger partial charge in [-0.05, 0) is 73.5 Å². The number of amides is 1. The smallest absolute Gasteiger partial charge is 0.251 e. The van der Waals surface area contributed by atoms with Gasteiger partial charge < -0.3 is 24.9 Å². The number of aromatic nitrogens is 4. The molecule has 1 aromatic carbocycles. The van der Waals surface area contributed by atoms with Crippen LogP contribution in [-0.4, -0.2) is 107 Å². The number of pyridine rings is 1. The molecule has 2 aliphatic heterocycles. The molecule has 5 heterocycles. The number of benzene rings is 1. The van der Waals surface area contributed by atoms with E-state index in [2.05, 4.69) is 52.1 Å². The molecule has 6 rings (SSSR count). The lowest BCUT2D eigenvalue weighted by molar-refractivity contribution is 0.0383. The molecule has 2 saturated heterocycles. The van der Waals surface area contributed by atoms with Crippen molar-refractivity contribution >= 4 is 48.7 Å². The topological polar surface area (TPSA) is 137 Å². The normalized spacial score (nSPS) is 18.1. The number of nitrogens with zero attached hydrogens (tertiary/aromatic N) is 5. The van der Waals surface area contributed by atoms with Gasteiger partial charge in [-0.2, -0.15) is 4.31 Å². The minimum Gasteiger partial charge on any atom is -0.379 e. The number of hydrogen-bond acceptors (Lipinski definition) is 8.